The highest BCUT2D eigenvalue weighted by molar-refractivity contribution is 6.30. The van der Waals surface area contributed by atoms with Crippen molar-refractivity contribution in [2.24, 2.45) is 0 Å². The fraction of sp³-hybridized carbons (Fsp3) is 0.393. The van der Waals surface area contributed by atoms with Gasteiger partial charge < -0.3 is 25.2 Å². The SMILES string of the molecule is Clc1ccc(Nc2cc(-c3ccc4cnn(CCCN5CCNCC5)c4c3)nc(N3CCOCC3)n2)cc1. The fourth-order valence-corrected chi connectivity index (χ4v) is 5.15. The van der Waals surface area contributed by atoms with Crippen LogP contribution in [0.4, 0.5) is 17.5 Å². The van der Waals surface area contributed by atoms with Gasteiger partial charge in [-0.15, -0.1) is 0 Å². The second kappa shape index (κ2) is 11.7. The summed E-state index contributed by atoms with van der Waals surface area (Å²) in [6, 6.07) is 16.1. The lowest BCUT2D eigenvalue weighted by Gasteiger charge is -2.27. The van der Waals surface area contributed by atoms with Crippen LogP contribution in [0.3, 0.4) is 0 Å². The smallest absolute Gasteiger partial charge is 0.228 e. The number of nitrogens with zero attached hydrogens (tertiary/aromatic N) is 6. The molecule has 10 heteroatoms. The van der Waals surface area contributed by atoms with Gasteiger partial charge in [0, 0.05) is 73.5 Å². The lowest BCUT2D eigenvalue weighted by atomic mass is 10.1. The molecule has 6 rings (SSSR count). The summed E-state index contributed by atoms with van der Waals surface area (Å²) in [5.41, 5.74) is 3.96. The summed E-state index contributed by atoms with van der Waals surface area (Å²) in [5.74, 6) is 1.44. The molecule has 9 nitrogen and oxygen atoms in total. The average Bonchev–Trinajstić information content (AvgIpc) is 3.37. The maximum Gasteiger partial charge on any atom is 0.228 e. The summed E-state index contributed by atoms with van der Waals surface area (Å²) in [5, 5.41) is 13.4. The highest BCUT2D eigenvalue weighted by atomic mass is 35.5. The summed E-state index contributed by atoms with van der Waals surface area (Å²) >= 11 is 6.09. The number of fused-ring (bicyclic) bond motifs is 1. The molecular formula is C28H33ClN8O. The zero-order valence-corrected chi connectivity index (χ0v) is 22.2. The zero-order valence-electron chi connectivity index (χ0n) is 21.4. The number of aromatic nitrogens is 4. The molecule has 2 N–H and O–H groups in total. The zero-order chi connectivity index (χ0) is 25.7. The van der Waals surface area contributed by atoms with Gasteiger partial charge in [0.25, 0.3) is 0 Å². The second-order valence-electron chi connectivity index (χ2n) is 9.76. The number of hydrogen-bond donors (Lipinski definition) is 2. The number of piperazine rings is 1. The normalized spacial score (nSPS) is 16.7. The van der Waals surface area contributed by atoms with E-state index < -0.39 is 0 Å². The molecule has 0 saturated carbocycles. The van der Waals surface area contributed by atoms with Crippen molar-refractivity contribution in [2.45, 2.75) is 13.0 Å². The van der Waals surface area contributed by atoms with E-state index in [0.717, 1.165) is 92.4 Å². The number of hydrogen-bond acceptors (Lipinski definition) is 8. The molecule has 2 aromatic heterocycles. The van der Waals surface area contributed by atoms with Crippen LogP contribution >= 0.6 is 11.6 Å². The van der Waals surface area contributed by atoms with E-state index in [0.29, 0.717) is 24.2 Å². The van der Waals surface area contributed by atoms with Crippen molar-refractivity contribution in [3.63, 3.8) is 0 Å². The van der Waals surface area contributed by atoms with Crippen LogP contribution in [-0.2, 0) is 11.3 Å². The van der Waals surface area contributed by atoms with Gasteiger partial charge in [-0.1, -0.05) is 23.7 Å². The standard InChI is InChI=1S/C28H33ClN8O/c29-23-4-6-24(7-5-23)32-27-19-25(33-28(34-27)36-14-16-38-17-15-36)21-2-3-22-20-31-37(26(22)18-21)11-1-10-35-12-8-30-9-13-35/h2-7,18-20,30H,1,8-17H2,(H,32,33,34). The van der Waals surface area contributed by atoms with Gasteiger partial charge in [0.1, 0.15) is 5.82 Å². The van der Waals surface area contributed by atoms with Crippen LogP contribution in [0.25, 0.3) is 22.2 Å². The van der Waals surface area contributed by atoms with Gasteiger partial charge in [-0.3, -0.25) is 4.68 Å². The first-order valence-electron chi connectivity index (χ1n) is 13.3. The van der Waals surface area contributed by atoms with Crippen LogP contribution in [0.1, 0.15) is 6.42 Å². The van der Waals surface area contributed by atoms with E-state index >= 15 is 0 Å². The van der Waals surface area contributed by atoms with Crippen molar-refractivity contribution in [2.75, 3.05) is 69.2 Å². The van der Waals surface area contributed by atoms with Crippen molar-refractivity contribution < 1.29 is 4.74 Å². The topological polar surface area (TPSA) is 83.4 Å². The Labute approximate surface area is 227 Å². The molecule has 2 aliphatic heterocycles. The molecule has 38 heavy (non-hydrogen) atoms. The molecular weight excluding hydrogens is 500 g/mol. The summed E-state index contributed by atoms with van der Waals surface area (Å²) in [4.78, 5) is 14.5. The first kappa shape index (κ1) is 25.1. The number of anilines is 3. The highest BCUT2D eigenvalue weighted by Crippen LogP contribution is 2.28. The van der Waals surface area contributed by atoms with Gasteiger partial charge in [0.15, 0.2) is 0 Å². The second-order valence-corrected chi connectivity index (χ2v) is 10.2. The maximum atomic E-state index is 6.09. The van der Waals surface area contributed by atoms with Gasteiger partial charge in [-0.25, -0.2) is 4.98 Å². The van der Waals surface area contributed by atoms with E-state index in [1.807, 2.05) is 36.5 Å². The minimum absolute atomic E-state index is 0.673. The van der Waals surface area contributed by atoms with E-state index in [1.165, 1.54) is 0 Å². The molecule has 0 unspecified atom stereocenters. The van der Waals surface area contributed by atoms with Crippen molar-refractivity contribution in [3.8, 4) is 11.3 Å². The lowest BCUT2D eigenvalue weighted by molar-refractivity contribution is 0.122. The van der Waals surface area contributed by atoms with Crippen LogP contribution in [0.15, 0.2) is 54.7 Å². The number of halogens is 1. The number of aryl methyl sites for hydroxylation is 1. The third-order valence-electron chi connectivity index (χ3n) is 7.12. The molecule has 0 atom stereocenters. The molecule has 4 heterocycles. The van der Waals surface area contributed by atoms with Gasteiger partial charge in [-0.2, -0.15) is 10.1 Å². The predicted molar refractivity (Wildman–Crippen MR) is 152 cm³/mol. The Bertz CT molecular complexity index is 1360. The van der Waals surface area contributed by atoms with Crippen molar-refractivity contribution in [1.82, 2.24) is 30.0 Å². The Balaban J connectivity index is 1.28. The van der Waals surface area contributed by atoms with Crippen LogP contribution in [-0.4, -0.2) is 83.7 Å². The Morgan fingerprint density at radius 1 is 0.921 bits per heavy atom. The number of ether oxygens (including phenoxy) is 1. The van der Waals surface area contributed by atoms with Crippen LogP contribution in [0, 0.1) is 0 Å². The lowest BCUT2D eigenvalue weighted by Crippen LogP contribution is -2.43. The summed E-state index contributed by atoms with van der Waals surface area (Å²) in [6.45, 7) is 9.26. The van der Waals surface area contributed by atoms with E-state index in [9.17, 15) is 0 Å². The molecule has 0 aliphatic carbocycles. The Morgan fingerprint density at radius 3 is 2.55 bits per heavy atom. The Kier molecular flexibility index (Phi) is 7.69. The summed E-state index contributed by atoms with van der Waals surface area (Å²) in [7, 11) is 0. The van der Waals surface area contributed by atoms with E-state index in [-0.39, 0.29) is 0 Å². The van der Waals surface area contributed by atoms with Crippen LogP contribution in [0.2, 0.25) is 5.02 Å². The first-order valence-corrected chi connectivity index (χ1v) is 13.7. The van der Waals surface area contributed by atoms with Crippen molar-refractivity contribution in [1.29, 1.82) is 0 Å². The van der Waals surface area contributed by atoms with Crippen LogP contribution in [0.5, 0.6) is 0 Å². The first-order chi connectivity index (χ1) is 18.7. The maximum absolute atomic E-state index is 6.09. The molecule has 0 spiro atoms. The minimum atomic E-state index is 0.673. The van der Waals surface area contributed by atoms with E-state index in [1.54, 1.807) is 0 Å². The molecule has 2 saturated heterocycles. The molecule has 198 valence electrons. The van der Waals surface area contributed by atoms with E-state index in [4.69, 9.17) is 31.4 Å². The van der Waals surface area contributed by atoms with Gasteiger partial charge >= 0.3 is 0 Å². The van der Waals surface area contributed by atoms with E-state index in [2.05, 4.69) is 43.3 Å². The third-order valence-corrected chi connectivity index (χ3v) is 7.37. The molecule has 2 aromatic carbocycles. The summed E-state index contributed by atoms with van der Waals surface area (Å²) in [6.07, 6.45) is 3.03. The molecule has 0 radical (unpaired) electrons. The number of morpholine rings is 1. The summed E-state index contributed by atoms with van der Waals surface area (Å²) < 4.78 is 7.68. The van der Waals surface area contributed by atoms with Crippen LogP contribution < -0.4 is 15.5 Å². The predicted octanol–water partition coefficient (Wildman–Crippen LogP) is 4.02. The number of nitrogens with one attached hydrogen (secondary N) is 2. The molecule has 2 aliphatic rings. The monoisotopic (exact) mass is 532 g/mol. The van der Waals surface area contributed by atoms with Crippen molar-refractivity contribution in [3.05, 3.63) is 59.8 Å². The third kappa shape index (κ3) is 5.91. The Hall–Kier alpha value is -3.24. The number of benzene rings is 2. The largest absolute Gasteiger partial charge is 0.378 e. The molecule has 2 fully saturated rings. The van der Waals surface area contributed by atoms with Crippen molar-refractivity contribution >= 4 is 40.0 Å². The fourth-order valence-electron chi connectivity index (χ4n) is 5.02. The number of rotatable bonds is 8. The molecule has 4 aromatic rings. The molecule has 0 bridgehead atoms. The van der Waals surface area contributed by atoms with Gasteiger partial charge in [-0.05, 0) is 43.3 Å². The highest BCUT2D eigenvalue weighted by Gasteiger charge is 2.17. The quantitative estimate of drug-likeness (QED) is 0.352. The van der Waals surface area contributed by atoms with Gasteiger partial charge in [0.2, 0.25) is 5.95 Å². The Morgan fingerprint density at radius 2 is 1.74 bits per heavy atom. The minimum Gasteiger partial charge on any atom is -0.378 e. The molecule has 0 amide bonds. The van der Waals surface area contributed by atoms with Gasteiger partial charge in [0.05, 0.1) is 30.6 Å². The average molecular weight is 533 g/mol.